The average Bonchev–Trinajstić information content (AvgIpc) is 1.99. The lowest BCUT2D eigenvalue weighted by Crippen LogP contribution is -2.36. The zero-order valence-electron chi connectivity index (χ0n) is 10.2. The van der Waals surface area contributed by atoms with Gasteiger partial charge in [-0.3, -0.25) is 0 Å². The minimum Gasteiger partial charge on any atom is -0.312 e. The van der Waals surface area contributed by atoms with Crippen LogP contribution in [0.3, 0.4) is 0 Å². The molecule has 0 aliphatic heterocycles. The lowest BCUT2D eigenvalue weighted by molar-refractivity contribution is 0.561. The largest absolute Gasteiger partial charge is 0.312 e. The van der Waals surface area contributed by atoms with Gasteiger partial charge in [0.25, 0.3) is 0 Å². The first-order chi connectivity index (χ1) is 7.04. The maximum absolute atomic E-state index is 11.4. The Morgan fingerprint density at radius 2 is 1.56 bits per heavy atom. The minimum absolute atomic E-state index is 0.0225. The summed E-state index contributed by atoms with van der Waals surface area (Å²) >= 11 is 0. The molecule has 0 amide bonds. The van der Waals surface area contributed by atoms with Gasteiger partial charge in [-0.25, -0.2) is 16.8 Å². The highest BCUT2D eigenvalue weighted by Crippen LogP contribution is 1.99. The molecule has 0 saturated carbocycles. The van der Waals surface area contributed by atoms with E-state index in [1.54, 1.807) is 20.8 Å². The van der Waals surface area contributed by atoms with Crippen LogP contribution in [0.1, 0.15) is 20.8 Å². The van der Waals surface area contributed by atoms with Gasteiger partial charge in [0, 0.05) is 18.8 Å². The fraction of sp³-hybridized carbons (Fsp3) is 1.00. The SMILES string of the molecule is CC(CS(C)(=O)=O)NCCS(=O)(=O)C(C)C. The summed E-state index contributed by atoms with van der Waals surface area (Å²) in [5.41, 5.74) is 0. The third-order valence-electron chi connectivity index (χ3n) is 2.15. The highest BCUT2D eigenvalue weighted by atomic mass is 32.2. The lowest BCUT2D eigenvalue weighted by Gasteiger charge is -2.13. The molecular formula is C9H21NO4S2. The molecular weight excluding hydrogens is 250 g/mol. The molecule has 0 aromatic heterocycles. The van der Waals surface area contributed by atoms with Gasteiger partial charge in [-0.05, 0) is 20.8 Å². The van der Waals surface area contributed by atoms with Crippen molar-refractivity contribution in [1.29, 1.82) is 0 Å². The van der Waals surface area contributed by atoms with Crippen LogP contribution in [0.4, 0.5) is 0 Å². The van der Waals surface area contributed by atoms with E-state index in [0.29, 0.717) is 0 Å². The quantitative estimate of drug-likeness (QED) is 0.695. The summed E-state index contributed by atoms with van der Waals surface area (Å²) in [7, 11) is -6.07. The predicted octanol–water partition coefficient (Wildman–Crippen LogP) is -0.168. The van der Waals surface area contributed by atoms with Crippen LogP contribution < -0.4 is 5.32 Å². The summed E-state index contributed by atoms with van der Waals surface area (Å²) in [4.78, 5) is 0. The number of hydrogen-bond donors (Lipinski definition) is 1. The van der Waals surface area contributed by atoms with Gasteiger partial charge < -0.3 is 5.32 Å². The Labute approximate surface area is 98.5 Å². The summed E-state index contributed by atoms with van der Waals surface area (Å²) in [6, 6.07) is -0.225. The van der Waals surface area contributed by atoms with E-state index in [0.717, 1.165) is 6.26 Å². The third-order valence-corrected chi connectivity index (χ3v) is 5.47. The Morgan fingerprint density at radius 1 is 1.06 bits per heavy atom. The second kappa shape index (κ2) is 5.97. The van der Waals surface area contributed by atoms with E-state index in [2.05, 4.69) is 5.32 Å². The highest BCUT2D eigenvalue weighted by molar-refractivity contribution is 7.92. The molecule has 1 N–H and O–H groups in total. The summed E-state index contributed by atoms with van der Waals surface area (Å²) in [5, 5.41) is 2.50. The topological polar surface area (TPSA) is 80.3 Å². The van der Waals surface area contributed by atoms with Crippen LogP contribution in [0.2, 0.25) is 0 Å². The molecule has 5 nitrogen and oxygen atoms in total. The van der Waals surface area contributed by atoms with Crippen LogP contribution in [-0.4, -0.2) is 52.4 Å². The predicted molar refractivity (Wildman–Crippen MR) is 66.1 cm³/mol. The van der Waals surface area contributed by atoms with Gasteiger partial charge in [-0.1, -0.05) is 0 Å². The van der Waals surface area contributed by atoms with Crippen LogP contribution >= 0.6 is 0 Å². The van der Waals surface area contributed by atoms with Crippen molar-refractivity contribution in [1.82, 2.24) is 5.32 Å². The first kappa shape index (κ1) is 15.9. The summed E-state index contributed by atoms with van der Waals surface area (Å²) in [5.74, 6) is 0.0630. The van der Waals surface area contributed by atoms with E-state index in [4.69, 9.17) is 0 Å². The van der Waals surface area contributed by atoms with Gasteiger partial charge in [0.1, 0.15) is 9.84 Å². The zero-order chi connectivity index (χ0) is 13.0. The van der Waals surface area contributed by atoms with Gasteiger partial charge in [0.15, 0.2) is 9.84 Å². The van der Waals surface area contributed by atoms with Crippen molar-refractivity contribution in [2.45, 2.75) is 32.1 Å². The number of hydrogen-bond acceptors (Lipinski definition) is 5. The van der Waals surface area contributed by atoms with Crippen LogP contribution in [0.25, 0.3) is 0 Å². The maximum Gasteiger partial charge on any atom is 0.153 e. The van der Waals surface area contributed by atoms with Gasteiger partial charge in [-0.15, -0.1) is 0 Å². The Balaban J connectivity index is 4.01. The van der Waals surface area contributed by atoms with Crippen LogP contribution in [-0.2, 0) is 19.7 Å². The Kier molecular flexibility index (Phi) is 5.92. The molecule has 0 saturated heterocycles. The first-order valence-electron chi connectivity index (χ1n) is 5.17. The van der Waals surface area contributed by atoms with E-state index in [-0.39, 0.29) is 29.3 Å². The van der Waals surface area contributed by atoms with E-state index in [1.807, 2.05) is 0 Å². The van der Waals surface area contributed by atoms with E-state index in [1.165, 1.54) is 0 Å². The Bertz CT molecular complexity index is 397. The normalized spacial score (nSPS) is 15.3. The van der Waals surface area contributed by atoms with Crippen molar-refractivity contribution in [2.75, 3.05) is 24.3 Å². The smallest absolute Gasteiger partial charge is 0.153 e. The minimum atomic E-state index is -3.05. The van der Waals surface area contributed by atoms with Gasteiger partial charge in [-0.2, -0.15) is 0 Å². The molecule has 0 radical (unpaired) electrons. The molecule has 1 unspecified atom stereocenters. The second-order valence-electron chi connectivity index (χ2n) is 4.36. The highest BCUT2D eigenvalue weighted by Gasteiger charge is 2.16. The molecule has 0 aromatic rings. The number of nitrogens with one attached hydrogen (secondary N) is 1. The number of sulfone groups is 2. The Morgan fingerprint density at radius 3 is 1.94 bits per heavy atom. The molecule has 7 heteroatoms. The van der Waals surface area contributed by atoms with E-state index < -0.39 is 19.7 Å². The third kappa shape index (κ3) is 7.19. The fourth-order valence-electron chi connectivity index (χ4n) is 1.20. The van der Waals surface area contributed by atoms with Crippen molar-refractivity contribution in [3.05, 3.63) is 0 Å². The molecule has 0 fully saturated rings. The summed E-state index contributed by atoms with van der Waals surface area (Å²) in [6.45, 7) is 5.28. The molecule has 0 heterocycles. The number of rotatable bonds is 7. The molecule has 1 atom stereocenters. The molecule has 0 aromatic carbocycles. The first-order valence-corrected chi connectivity index (χ1v) is 8.95. The molecule has 0 aliphatic carbocycles. The van der Waals surface area contributed by atoms with Crippen LogP contribution in [0, 0.1) is 0 Å². The van der Waals surface area contributed by atoms with Crippen molar-refractivity contribution in [2.24, 2.45) is 0 Å². The van der Waals surface area contributed by atoms with Gasteiger partial charge in [0.05, 0.1) is 16.8 Å². The van der Waals surface area contributed by atoms with Crippen molar-refractivity contribution in [3.8, 4) is 0 Å². The molecule has 0 bridgehead atoms. The summed E-state index contributed by atoms with van der Waals surface area (Å²) < 4.78 is 44.8. The second-order valence-corrected chi connectivity index (χ2v) is 9.22. The molecule has 0 rings (SSSR count). The van der Waals surface area contributed by atoms with Crippen molar-refractivity contribution in [3.63, 3.8) is 0 Å². The molecule has 16 heavy (non-hydrogen) atoms. The molecule has 98 valence electrons. The lowest BCUT2D eigenvalue weighted by atomic mass is 10.4. The van der Waals surface area contributed by atoms with Crippen LogP contribution in [0.5, 0.6) is 0 Å². The average molecular weight is 271 g/mol. The Hall–Kier alpha value is -0.140. The summed E-state index contributed by atoms with van der Waals surface area (Å²) in [6.07, 6.45) is 1.16. The monoisotopic (exact) mass is 271 g/mol. The van der Waals surface area contributed by atoms with Crippen molar-refractivity contribution >= 4 is 19.7 Å². The maximum atomic E-state index is 11.4. The van der Waals surface area contributed by atoms with E-state index in [9.17, 15) is 16.8 Å². The van der Waals surface area contributed by atoms with Gasteiger partial charge in [0.2, 0.25) is 0 Å². The molecule has 0 spiro atoms. The zero-order valence-corrected chi connectivity index (χ0v) is 11.9. The fourth-order valence-corrected chi connectivity index (χ4v) is 3.10. The molecule has 0 aliphatic rings. The van der Waals surface area contributed by atoms with Crippen molar-refractivity contribution < 1.29 is 16.8 Å². The standard InChI is InChI=1S/C9H21NO4S2/c1-8(2)16(13,14)6-5-10-9(3)7-15(4,11)12/h8-10H,5-7H2,1-4H3. The van der Waals surface area contributed by atoms with E-state index >= 15 is 0 Å². The van der Waals surface area contributed by atoms with Crippen LogP contribution in [0.15, 0.2) is 0 Å². The van der Waals surface area contributed by atoms with Gasteiger partial charge >= 0.3 is 0 Å².